The number of ether oxygens (including phenoxy) is 2. The minimum atomic E-state index is -0.179. The van der Waals surface area contributed by atoms with Crippen molar-refractivity contribution in [2.45, 2.75) is 32.6 Å². The molecule has 5 nitrogen and oxygen atoms in total. The molecule has 1 aliphatic heterocycles. The fourth-order valence-electron chi connectivity index (χ4n) is 3.87. The molecule has 0 spiro atoms. The fourth-order valence-corrected chi connectivity index (χ4v) is 3.87. The maximum Gasteiger partial charge on any atom is 0.258 e. The van der Waals surface area contributed by atoms with Crippen molar-refractivity contribution >= 4 is 11.6 Å². The summed E-state index contributed by atoms with van der Waals surface area (Å²) >= 11 is 0. The maximum atomic E-state index is 12.7. The summed E-state index contributed by atoms with van der Waals surface area (Å²) in [6.07, 6.45) is 4.30. The Morgan fingerprint density at radius 2 is 1.89 bits per heavy atom. The van der Waals surface area contributed by atoms with E-state index in [-0.39, 0.29) is 5.91 Å². The topological polar surface area (TPSA) is 50.8 Å². The van der Waals surface area contributed by atoms with E-state index < -0.39 is 0 Å². The number of nitrogens with one attached hydrogen (secondary N) is 1. The number of hydrogen-bond acceptors (Lipinski definition) is 4. The third kappa shape index (κ3) is 4.41. The lowest BCUT2D eigenvalue weighted by molar-refractivity contribution is 0.0948. The Bertz CT molecular complexity index is 797. The van der Waals surface area contributed by atoms with Crippen LogP contribution in [0.2, 0.25) is 0 Å². The highest BCUT2D eigenvalue weighted by Crippen LogP contribution is 2.29. The van der Waals surface area contributed by atoms with Gasteiger partial charge in [0.15, 0.2) is 0 Å². The van der Waals surface area contributed by atoms with Crippen LogP contribution in [0.4, 0.5) is 5.69 Å². The molecule has 2 aromatic carbocycles. The second-order valence-electron chi connectivity index (χ2n) is 7.10. The molecule has 28 heavy (non-hydrogen) atoms. The van der Waals surface area contributed by atoms with Crippen LogP contribution in [0, 0.1) is 0 Å². The largest absolute Gasteiger partial charge is 0.496 e. The molecule has 5 heteroatoms. The first-order valence-electron chi connectivity index (χ1n) is 10.0. The van der Waals surface area contributed by atoms with Crippen LogP contribution in [-0.4, -0.2) is 39.8 Å². The smallest absolute Gasteiger partial charge is 0.258 e. The summed E-state index contributed by atoms with van der Waals surface area (Å²) < 4.78 is 10.6. The first-order valence-corrected chi connectivity index (χ1v) is 10.0. The van der Waals surface area contributed by atoms with Crippen LogP contribution in [0.3, 0.4) is 0 Å². The minimum Gasteiger partial charge on any atom is -0.496 e. The van der Waals surface area contributed by atoms with Crippen LogP contribution in [0.5, 0.6) is 11.5 Å². The molecule has 0 unspecified atom stereocenters. The van der Waals surface area contributed by atoms with E-state index >= 15 is 0 Å². The van der Waals surface area contributed by atoms with Crippen molar-refractivity contribution in [1.29, 1.82) is 0 Å². The molecule has 1 N–H and O–H groups in total. The normalized spacial score (nSPS) is 13.0. The number of methoxy groups -OCH3 is 2. The van der Waals surface area contributed by atoms with Gasteiger partial charge in [-0.25, -0.2) is 0 Å². The number of carbonyl (C=O) groups excluding carboxylic acids is 1. The number of aryl methyl sites for hydroxylation is 1. The van der Waals surface area contributed by atoms with E-state index in [1.54, 1.807) is 26.4 Å². The number of hydrogen-bond donors (Lipinski definition) is 1. The van der Waals surface area contributed by atoms with Gasteiger partial charge in [-0.15, -0.1) is 0 Å². The SMILES string of the molecule is CCCN1CCCc2cc(CCNC(=O)c3c(OC)cccc3OC)ccc21. The first-order chi connectivity index (χ1) is 13.7. The number of amides is 1. The van der Waals surface area contributed by atoms with Crippen molar-refractivity contribution in [3.63, 3.8) is 0 Å². The second kappa shape index (κ2) is 9.49. The predicted molar refractivity (Wildman–Crippen MR) is 113 cm³/mol. The van der Waals surface area contributed by atoms with Gasteiger partial charge in [0.05, 0.1) is 14.2 Å². The number of fused-ring (bicyclic) bond motifs is 1. The summed E-state index contributed by atoms with van der Waals surface area (Å²) in [5.74, 6) is 0.852. The van der Waals surface area contributed by atoms with E-state index in [0.29, 0.717) is 23.6 Å². The summed E-state index contributed by atoms with van der Waals surface area (Å²) in [5, 5.41) is 3.00. The molecule has 1 aliphatic rings. The summed E-state index contributed by atoms with van der Waals surface area (Å²) in [4.78, 5) is 15.1. The fraction of sp³-hybridized carbons (Fsp3) is 0.435. The van der Waals surface area contributed by atoms with E-state index in [1.807, 2.05) is 6.07 Å². The van der Waals surface area contributed by atoms with Crippen molar-refractivity contribution in [2.24, 2.45) is 0 Å². The molecule has 1 amide bonds. The van der Waals surface area contributed by atoms with E-state index in [9.17, 15) is 4.79 Å². The Hall–Kier alpha value is -2.69. The highest BCUT2D eigenvalue weighted by Gasteiger charge is 2.18. The minimum absolute atomic E-state index is 0.179. The summed E-state index contributed by atoms with van der Waals surface area (Å²) in [6, 6.07) is 12.1. The summed E-state index contributed by atoms with van der Waals surface area (Å²) in [5.41, 5.74) is 4.49. The third-order valence-corrected chi connectivity index (χ3v) is 5.21. The van der Waals surface area contributed by atoms with E-state index in [4.69, 9.17) is 9.47 Å². The Kier molecular flexibility index (Phi) is 6.80. The lowest BCUT2D eigenvalue weighted by atomic mass is 9.98. The zero-order valence-corrected chi connectivity index (χ0v) is 17.1. The van der Waals surface area contributed by atoms with Crippen molar-refractivity contribution in [1.82, 2.24) is 5.32 Å². The maximum absolute atomic E-state index is 12.7. The van der Waals surface area contributed by atoms with Crippen LogP contribution in [0.15, 0.2) is 36.4 Å². The molecule has 150 valence electrons. The van der Waals surface area contributed by atoms with E-state index in [1.165, 1.54) is 29.7 Å². The molecule has 0 aliphatic carbocycles. The Morgan fingerprint density at radius 3 is 2.57 bits per heavy atom. The lowest BCUT2D eigenvalue weighted by Crippen LogP contribution is -2.30. The van der Waals surface area contributed by atoms with Gasteiger partial charge < -0.3 is 19.7 Å². The number of nitrogens with zero attached hydrogens (tertiary/aromatic N) is 1. The van der Waals surface area contributed by atoms with Gasteiger partial charge in [-0.1, -0.05) is 25.1 Å². The molecule has 3 rings (SSSR count). The molecule has 0 aromatic heterocycles. The van der Waals surface area contributed by atoms with Gasteiger partial charge in [-0.3, -0.25) is 4.79 Å². The summed E-state index contributed by atoms with van der Waals surface area (Å²) in [6.45, 7) is 5.06. The number of benzene rings is 2. The number of rotatable bonds is 8. The molecule has 0 saturated carbocycles. The van der Waals surface area contributed by atoms with E-state index in [2.05, 4.69) is 35.3 Å². The first kappa shape index (κ1) is 20.1. The molecule has 0 atom stereocenters. The highest BCUT2D eigenvalue weighted by atomic mass is 16.5. The molecule has 0 bridgehead atoms. The molecular weight excluding hydrogens is 352 g/mol. The molecule has 2 aromatic rings. The molecule has 0 fully saturated rings. The second-order valence-corrected chi connectivity index (χ2v) is 7.10. The molecule has 0 radical (unpaired) electrons. The van der Waals surface area contributed by atoms with Crippen LogP contribution >= 0.6 is 0 Å². The average Bonchev–Trinajstić information content (AvgIpc) is 2.73. The predicted octanol–water partition coefficient (Wildman–Crippen LogP) is 3.84. The van der Waals surface area contributed by atoms with Crippen molar-refractivity contribution in [3.05, 3.63) is 53.1 Å². The van der Waals surface area contributed by atoms with Crippen LogP contribution in [-0.2, 0) is 12.8 Å². The average molecular weight is 383 g/mol. The van der Waals surface area contributed by atoms with Gasteiger partial charge in [0.25, 0.3) is 5.91 Å². The molecule has 1 heterocycles. The summed E-state index contributed by atoms with van der Waals surface area (Å²) in [7, 11) is 3.11. The zero-order chi connectivity index (χ0) is 19.9. The van der Waals surface area contributed by atoms with E-state index in [0.717, 1.165) is 25.9 Å². The van der Waals surface area contributed by atoms with Crippen molar-refractivity contribution in [3.8, 4) is 11.5 Å². The van der Waals surface area contributed by atoms with Crippen LogP contribution in [0.25, 0.3) is 0 Å². The van der Waals surface area contributed by atoms with Crippen LogP contribution < -0.4 is 19.7 Å². The Labute approximate surface area is 167 Å². The third-order valence-electron chi connectivity index (χ3n) is 5.21. The van der Waals surface area contributed by atoms with Crippen molar-refractivity contribution < 1.29 is 14.3 Å². The molecule has 0 saturated heterocycles. The number of carbonyl (C=O) groups is 1. The lowest BCUT2D eigenvalue weighted by Gasteiger charge is -2.31. The van der Waals surface area contributed by atoms with Crippen molar-refractivity contribution in [2.75, 3.05) is 38.8 Å². The monoisotopic (exact) mass is 382 g/mol. The quantitative estimate of drug-likeness (QED) is 0.754. The number of anilines is 1. The standard InChI is InChI=1S/C23H30N2O3/c1-4-14-25-15-6-7-18-16-17(10-11-19(18)25)12-13-24-23(26)22-20(27-2)8-5-9-21(22)28-3/h5,8-11,16H,4,6-7,12-15H2,1-3H3,(H,24,26). The zero-order valence-electron chi connectivity index (χ0n) is 17.1. The van der Waals surface area contributed by atoms with Gasteiger partial charge in [-0.05, 0) is 55.0 Å². The Balaban J connectivity index is 1.64. The van der Waals surface area contributed by atoms with Gasteiger partial charge in [0.2, 0.25) is 0 Å². The molecular formula is C23H30N2O3. The van der Waals surface area contributed by atoms with Gasteiger partial charge in [0.1, 0.15) is 17.1 Å². The highest BCUT2D eigenvalue weighted by molar-refractivity contribution is 5.99. The Morgan fingerprint density at radius 1 is 1.14 bits per heavy atom. The van der Waals surface area contributed by atoms with Gasteiger partial charge >= 0.3 is 0 Å². The van der Waals surface area contributed by atoms with Gasteiger partial charge in [-0.2, -0.15) is 0 Å². The van der Waals surface area contributed by atoms with Gasteiger partial charge in [0, 0.05) is 25.3 Å². The van der Waals surface area contributed by atoms with Crippen LogP contribution in [0.1, 0.15) is 41.3 Å².